The second-order valence-corrected chi connectivity index (χ2v) is 12.1. The van der Waals surface area contributed by atoms with Gasteiger partial charge in [0.15, 0.2) is 0 Å². The number of hydrogen-bond acceptors (Lipinski definition) is 7. The van der Waals surface area contributed by atoms with Crippen molar-refractivity contribution in [2.24, 2.45) is 0 Å². The van der Waals surface area contributed by atoms with Crippen molar-refractivity contribution in [1.82, 2.24) is 10.0 Å². The van der Waals surface area contributed by atoms with Crippen LogP contribution in [0.5, 0.6) is 11.5 Å². The molecule has 0 saturated heterocycles. The van der Waals surface area contributed by atoms with Crippen LogP contribution < -0.4 is 19.5 Å². The zero-order valence-electron chi connectivity index (χ0n) is 23.5. The van der Waals surface area contributed by atoms with E-state index in [1.807, 2.05) is 54.6 Å². The van der Waals surface area contributed by atoms with Gasteiger partial charge in [0.25, 0.3) is 5.91 Å². The van der Waals surface area contributed by atoms with Gasteiger partial charge in [0.2, 0.25) is 10.0 Å². The van der Waals surface area contributed by atoms with Gasteiger partial charge in [-0.2, -0.15) is 0 Å². The van der Waals surface area contributed by atoms with Crippen molar-refractivity contribution in [3.05, 3.63) is 83.9 Å². The second kappa shape index (κ2) is 14.7. The summed E-state index contributed by atoms with van der Waals surface area (Å²) in [5.41, 5.74) is 1.55. The lowest BCUT2D eigenvalue weighted by Crippen LogP contribution is -2.41. The van der Waals surface area contributed by atoms with Gasteiger partial charge in [-0.05, 0) is 73.6 Å². The fourth-order valence-corrected chi connectivity index (χ4v) is 5.27. The van der Waals surface area contributed by atoms with Crippen LogP contribution >= 0.6 is 12.4 Å². The molecule has 0 heterocycles. The molecule has 8 nitrogen and oxygen atoms in total. The maximum absolute atomic E-state index is 12.7. The highest BCUT2D eigenvalue weighted by Gasteiger charge is 2.22. The molecule has 0 aliphatic heterocycles. The Morgan fingerprint density at radius 1 is 0.951 bits per heavy atom. The summed E-state index contributed by atoms with van der Waals surface area (Å²) in [4.78, 5) is 12.7. The van der Waals surface area contributed by atoms with E-state index in [2.05, 4.69) is 10.0 Å². The summed E-state index contributed by atoms with van der Waals surface area (Å²) in [6.45, 7) is 2.52. The number of ether oxygens (including phenoxy) is 2. The number of benzene rings is 3. The third-order valence-electron chi connectivity index (χ3n) is 6.96. The summed E-state index contributed by atoms with van der Waals surface area (Å²) in [5, 5.41) is 13.8. The Bertz CT molecular complexity index is 1370. The minimum absolute atomic E-state index is 0. The van der Waals surface area contributed by atoms with Crippen molar-refractivity contribution in [2.75, 3.05) is 19.4 Å². The van der Waals surface area contributed by atoms with Crippen LogP contribution in [0.1, 0.15) is 61.4 Å². The van der Waals surface area contributed by atoms with Crippen LogP contribution in [0, 0.1) is 0 Å². The number of carbonyl (C=O) groups is 1. The quantitative estimate of drug-likeness (QED) is 0.153. The minimum atomic E-state index is -3.71. The molecule has 222 valence electrons. The van der Waals surface area contributed by atoms with E-state index in [0.29, 0.717) is 24.7 Å². The number of amides is 1. The van der Waals surface area contributed by atoms with E-state index in [0.717, 1.165) is 61.5 Å². The normalized spacial score (nSPS) is 15.6. The Hall–Kier alpha value is -3.11. The van der Waals surface area contributed by atoms with Crippen molar-refractivity contribution in [3.8, 4) is 22.6 Å². The Morgan fingerprint density at radius 2 is 1.59 bits per heavy atom. The Morgan fingerprint density at radius 3 is 2.22 bits per heavy atom. The molecule has 0 unspecified atom stereocenters. The molecule has 1 aliphatic rings. The first-order valence-corrected chi connectivity index (χ1v) is 15.6. The second-order valence-electron chi connectivity index (χ2n) is 10.4. The van der Waals surface area contributed by atoms with E-state index in [1.54, 1.807) is 25.1 Å². The SMILES string of the molecule is C[C@@](O)(NCCOc1ccc(-c2ccc(C(=O)NS(C)(=O)=O)c(OC3CCCCCC3)c2)cc1)c1ccccc1.Cl. The van der Waals surface area contributed by atoms with Crippen molar-refractivity contribution in [2.45, 2.75) is 57.3 Å². The lowest BCUT2D eigenvalue weighted by Gasteiger charge is -2.25. The zero-order chi connectivity index (χ0) is 28.6. The molecule has 0 spiro atoms. The molecule has 3 aromatic carbocycles. The molecule has 3 aromatic rings. The number of nitrogens with one attached hydrogen (secondary N) is 2. The molecular formula is C31H39ClN2O6S. The van der Waals surface area contributed by atoms with Crippen LogP contribution in [0.4, 0.5) is 0 Å². The van der Waals surface area contributed by atoms with E-state index in [-0.39, 0.29) is 24.1 Å². The largest absolute Gasteiger partial charge is 0.492 e. The van der Waals surface area contributed by atoms with E-state index in [9.17, 15) is 18.3 Å². The van der Waals surface area contributed by atoms with E-state index >= 15 is 0 Å². The van der Waals surface area contributed by atoms with Gasteiger partial charge in [-0.3, -0.25) is 10.1 Å². The van der Waals surface area contributed by atoms with Crippen molar-refractivity contribution in [3.63, 3.8) is 0 Å². The summed E-state index contributed by atoms with van der Waals surface area (Å²) in [7, 11) is -3.71. The summed E-state index contributed by atoms with van der Waals surface area (Å²) in [5.74, 6) is 0.354. The maximum Gasteiger partial charge on any atom is 0.268 e. The van der Waals surface area contributed by atoms with Crippen LogP contribution in [0.15, 0.2) is 72.8 Å². The smallest absolute Gasteiger partial charge is 0.268 e. The lowest BCUT2D eigenvalue weighted by molar-refractivity contribution is 0.0169. The van der Waals surface area contributed by atoms with E-state index < -0.39 is 21.7 Å². The van der Waals surface area contributed by atoms with Crippen LogP contribution in [0.3, 0.4) is 0 Å². The number of carbonyl (C=O) groups excluding carboxylic acids is 1. The topological polar surface area (TPSA) is 114 Å². The van der Waals surface area contributed by atoms with Crippen molar-refractivity contribution < 1.29 is 27.8 Å². The monoisotopic (exact) mass is 602 g/mol. The molecule has 0 aromatic heterocycles. The minimum Gasteiger partial charge on any atom is -0.492 e. The van der Waals surface area contributed by atoms with Gasteiger partial charge in [0.1, 0.15) is 23.8 Å². The molecule has 4 rings (SSSR count). The molecule has 1 saturated carbocycles. The average molecular weight is 603 g/mol. The van der Waals surface area contributed by atoms with Gasteiger partial charge in [-0.15, -0.1) is 12.4 Å². The van der Waals surface area contributed by atoms with Crippen LogP contribution in [0.25, 0.3) is 11.1 Å². The molecule has 10 heteroatoms. The highest BCUT2D eigenvalue weighted by molar-refractivity contribution is 7.89. The van der Waals surface area contributed by atoms with Crippen LogP contribution in [-0.4, -0.2) is 44.9 Å². The number of halogens is 1. The average Bonchev–Trinajstić information content (AvgIpc) is 3.20. The van der Waals surface area contributed by atoms with Gasteiger partial charge >= 0.3 is 0 Å². The highest BCUT2D eigenvalue weighted by atomic mass is 35.5. The number of sulfonamides is 1. The first kappa shape index (κ1) is 32.4. The Balaban J connectivity index is 0.00000462. The molecule has 41 heavy (non-hydrogen) atoms. The summed E-state index contributed by atoms with van der Waals surface area (Å²) < 4.78 is 37.6. The fraction of sp³-hybridized carbons (Fsp3) is 0.387. The van der Waals surface area contributed by atoms with Crippen LogP contribution in [0.2, 0.25) is 0 Å². The molecule has 3 N–H and O–H groups in total. The van der Waals surface area contributed by atoms with Crippen molar-refractivity contribution in [1.29, 1.82) is 0 Å². The molecule has 1 amide bonds. The number of hydrogen-bond donors (Lipinski definition) is 3. The molecule has 1 fully saturated rings. The van der Waals surface area contributed by atoms with Crippen molar-refractivity contribution >= 4 is 28.3 Å². The summed E-state index contributed by atoms with van der Waals surface area (Å²) in [6, 6.07) is 22.2. The zero-order valence-corrected chi connectivity index (χ0v) is 25.1. The number of rotatable bonds is 11. The molecule has 0 radical (unpaired) electrons. The number of aliphatic hydroxyl groups is 1. The van der Waals surface area contributed by atoms with Gasteiger partial charge < -0.3 is 14.6 Å². The lowest BCUT2D eigenvalue weighted by atomic mass is 10.0. The van der Waals surface area contributed by atoms with Crippen LogP contribution in [-0.2, 0) is 15.7 Å². The predicted molar refractivity (Wildman–Crippen MR) is 163 cm³/mol. The molecule has 1 aliphatic carbocycles. The Labute approximate surface area is 248 Å². The maximum atomic E-state index is 12.7. The fourth-order valence-electron chi connectivity index (χ4n) is 4.82. The molecule has 1 atom stereocenters. The first-order chi connectivity index (χ1) is 19.1. The third-order valence-corrected chi connectivity index (χ3v) is 7.52. The third kappa shape index (κ3) is 9.74. The summed E-state index contributed by atoms with van der Waals surface area (Å²) in [6.07, 6.45) is 7.20. The Kier molecular flexibility index (Phi) is 11.6. The van der Waals surface area contributed by atoms with E-state index in [4.69, 9.17) is 9.47 Å². The highest BCUT2D eigenvalue weighted by Crippen LogP contribution is 2.31. The standard InChI is InChI=1S/C31H38N2O6S.ClH/c1-31(35,25-10-6-5-7-11-25)32-20-21-38-26-17-14-23(15-18-26)24-16-19-28(30(34)33-40(2,36)37)29(22-24)39-27-12-8-3-4-9-13-27;/h5-7,10-11,14-19,22,27,32,35H,3-4,8-9,12-13,20-21H2,1-2H3,(H,33,34);1H/t31-;/m0./s1. The summed E-state index contributed by atoms with van der Waals surface area (Å²) >= 11 is 0. The van der Waals surface area contributed by atoms with Gasteiger partial charge in [-0.1, -0.05) is 61.4 Å². The van der Waals surface area contributed by atoms with E-state index in [1.165, 1.54) is 0 Å². The molecule has 0 bridgehead atoms. The van der Waals surface area contributed by atoms with Gasteiger partial charge in [0.05, 0.1) is 17.9 Å². The molecular weight excluding hydrogens is 564 g/mol. The first-order valence-electron chi connectivity index (χ1n) is 13.7. The van der Waals surface area contributed by atoms with Gasteiger partial charge in [-0.25, -0.2) is 13.1 Å². The van der Waals surface area contributed by atoms with Gasteiger partial charge in [0, 0.05) is 6.54 Å². The predicted octanol–water partition coefficient (Wildman–Crippen LogP) is 5.40.